The van der Waals surface area contributed by atoms with Crippen LogP contribution in [-0.2, 0) is 9.53 Å². The lowest BCUT2D eigenvalue weighted by Crippen LogP contribution is -2.27. The average molecular weight is 250 g/mol. The zero-order chi connectivity index (χ0) is 13.7. The Balaban J connectivity index is 3.01. The largest absolute Gasteiger partial charge is 0.465 e. The summed E-state index contributed by atoms with van der Waals surface area (Å²) in [6.45, 7) is 3.84. The summed E-state index contributed by atoms with van der Waals surface area (Å²) in [7, 11) is 1.30. The van der Waals surface area contributed by atoms with Crippen LogP contribution in [0.15, 0.2) is 18.2 Å². The molecule has 0 aliphatic rings. The zero-order valence-electron chi connectivity index (χ0n) is 10.8. The highest BCUT2D eigenvalue weighted by Crippen LogP contribution is 2.19. The molecule has 0 fully saturated rings. The number of benzene rings is 1. The Morgan fingerprint density at radius 3 is 2.67 bits per heavy atom. The second-order valence-corrected chi connectivity index (χ2v) is 4.17. The highest BCUT2D eigenvalue weighted by Gasteiger charge is 2.16. The summed E-state index contributed by atoms with van der Waals surface area (Å²) in [5.41, 5.74) is 7.12. The van der Waals surface area contributed by atoms with Gasteiger partial charge in [-0.1, -0.05) is 18.6 Å². The highest BCUT2D eigenvalue weighted by molar-refractivity contribution is 6.01. The lowest BCUT2D eigenvalue weighted by molar-refractivity contribution is -0.119. The summed E-state index contributed by atoms with van der Waals surface area (Å²) in [4.78, 5) is 23.4. The average Bonchev–Trinajstić information content (AvgIpc) is 2.38. The molecule has 18 heavy (non-hydrogen) atoms. The molecule has 98 valence electrons. The number of rotatable bonds is 4. The van der Waals surface area contributed by atoms with E-state index in [4.69, 9.17) is 5.73 Å². The third-order valence-corrected chi connectivity index (χ3v) is 2.64. The van der Waals surface area contributed by atoms with Crippen LogP contribution in [-0.4, -0.2) is 25.5 Å². The smallest absolute Gasteiger partial charge is 0.339 e. The van der Waals surface area contributed by atoms with E-state index in [0.717, 1.165) is 5.56 Å². The van der Waals surface area contributed by atoms with Crippen LogP contribution in [0.3, 0.4) is 0 Å². The molecule has 0 heterocycles. The Labute approximate surface area is 106 Å². The Kier molecular flexibility index (Phi) is 4.85. The molecule has 3 N–H and O–H groups in total. The van der Waals surface area contributed by atoms with E-state index >= 15 is 0 Å². The van der Waals surface area contributed by atoms with E-state index < -0.39 is 5.97 Å². The van der Waals surface area contributed by atoms with Gasteiger partial charge in [-0.05, 0) is 19.1 Å². The zero-order valence-corrected chi connectivity index (χ0v) is 10.8. The van der Waals surface area contributed by atoms with Gasteiger partial charge in [0.2, 0.25) is 5.91 Å². The van der Waals surface area contributed by atoms with E-state index in [0.29, 0.717) is 11.3 Å². The topological polar surface area (TPSA) is 81.4 Å². The molecule has 5 nitrogen and oxygen atoms in total. The number of amides is 1. The SMILES string of the molecule is COC(=O)c1cc(C)ccc1NC(=O)C(C)CN. The molecule has 0 bridgehead atoms. The monoisotopic (exact) mass is 250 g/mol. The highest BCUT2D eigenvalue weighted by atomic mass is 16.5. The van der Waals surface area contributed by atoms with E-state index in [2.05, 4.69) is 10.1 Å². The fourth-order valence-electron chi connectivity index (χ4n) is 1.41. The molecule has 1 aromatic carbocycles. The van der Waals surface area contributed by atoms with E-state index in [1.54, 1.807) is 19.1 Å². The van der Waals surface area contributed by atoms with Crippen molar-refractivity contribution in [1.29, 1.82) is 0 Å². The maximum atomic E-state index is 11.7. The first-order valence-corrected chi connectivity index (χ1v) is 5.69. The Morgan fingerprint density at radius 1 is 1.44 bits per heavy atom. The van der Waals surface area contributed by atoms with Gasteiger partial charge >= 0.3 is 5.97 Å². The second kappa shape index (κ2) is 6.16. The molecular weight excluding hydrogens is 232 g/mol. The van der Waals surface area contributed by atoms with Gasteiger partial charge in [0.15, 0.2) is 0 Å². The maximum Gasteiger partial charge on any atom is 0.339 e. The fraction of sp³-hybridized carbons (Fsp3) is 0.385. The van der Waals surface area contributed by atoms with Gasteiger partial charge in [0.05, 0.1) is 18.4 Å². The minimum atomic E-state index is -0.477. The minimum absolute atomic E-state index is 0.216. The van der Waals surface area contributed by atoms with Crippen molar-refractivity contribution in [3.05, 3.63) is 29.3 Å². The summed E-state index contributed by atoms with van der Waals surface area (Å²) >= 11 is 0. The van der Waals surface area contributed by atoms with Crippen LogP contribution >= 0.6 is 0 Å². The standard InChI is InChI=1S/C13H18N2O3/c1-8-4-5-11(10(6-8)13(17)18-3)15-12(16)9(2)7-14/h4-6,9H,7,14H2,1-3H3,(H,15,16). The van der Waals surface area contributed by atoms with Crippen LogP contribution in [0.2, 0.25) is 0 Å². The van der Waals surface area contributed by atoms with Crippen molar-refractivity contribution in [2.24, 2.45) is 11.7 Å². The number of aryl methyl sites for hydroxylation is 1. The van der Waals surface area contributed by atoms with E-state index in [1.165, 1.54) is 7.11 Å². The number of hydrogen-bond donors (Lipinski definition) is 2. The lowest BCUT2D eigenvalue weighted by Gasteiger charge is -2.13. The van der Waals surface area contributed by atoms with Gasteiger partial charge in [-0.15, -0.1) is 0 Å². The number of nitrogens with two attached hydrogens (primary N) is 1. The van der Waals surface area contributed by atoms with Crippen LogP contribution < -0.4 is 11.1 Å². The molecule has 1 rings (SSSR count). The van der Waals surface area contributed by atoms with Gasteiger partial charge in [-0.25, -0.2) is 4.79 Å². The van der Waals surface area contributed by atoms with Crippen LogP contribution in [0.5, 0.6) is 0 Å². The molecule has 0 saturated heterocycles. The number of ether oxygens (including phenoxy) is 1. The molecule has 0 radical (unpaired) electrons. The van der Waals surface area contributed by atoms with Gasteiger partial charge in [0.1, 0.15) is 0 Å². The van der Waals surface area contributed by atoms with Crippen molar-refractivity contribution >= 4 is 17.6 Å². The summed E-state index contributed by atoms with van der Waals surface area (Å²) < 4.78 is 4.69. The first-order chi connectivity index (χ1) is 8.49. The van der Waals surface area contributed by atoms with Crippen LogP contribution in [0.1, 0.15) is 22.8 Å². The Hall–Kier alpha value is -1.88. The van der Waals surface area contributed by atoms with Crippen molar-refractivity contribution in [2.45, 2.75) is 13.8 Å². The van der Waals surface area contributed by atoms with Gasteiger partial charge in [-0.3, -0.25) is 4.79 Å². The normalized spacial score (nSPS) is 11.8. The molecule has 0 aliphatic carbocycles. The van der Waals surface area contributed by atoms with Crippen molar-refractivity contribution in [1.82, 2.24) is 0 Å². The number of methoxy groups -OCH3 is 1. The van der Waals surface area contributed by atoms with Crippen LogP contribution in [0.4, 0.5) is 5.69 Å². The molecule has 0 aliphatic heterocycles. The molecule has 5 heteroatoms. The number of esters is 1. The van der Waals surface area contributed by atoms with Crippen molar-refractivity contribution < 1.29 is 14.3 Å². The lowest BCUT2D eigenvalue weighted by atomic mass is 10.1. The fourth-order valence-corrected chi connectivity index (χ4v) is 1.41. The predicted molar refractivity (Wildman–Crippen MR) is 69.4 cm³/mol. The third-order valence-electron chi connectivity index (χ3n) is 2.64. The number of nitrogens with one attached hydrogen (secondary N) is 1. The number of hydrogen-bond acceptors (Lipinski definition) is 4. The van der Waals surface area contributed by atoms with E-state index in [9.17, 15) is 9.59 Å². The Morgan fingerprint density at radius 2 is 2.11 bits per heavy atom. The van der Waals surface area contributed by atoms with Crippen molar-refractivity contribution in [3.63, 3.8) is 0 Å². The van der Waals surface area contributed by atoms with Crippen LogP contribution in [0.25, 0.3) is 0 Å². The third kappa shape index (κ3) is 3.30. The molecule has 0 spiro atoms. The first kappa shape index (κ1) is 14.2. The Bertz CT molecular complexity index is 458. The van der Waals surface area contributed by atoms with Crippen molar-refractivity contribution in [2.75, 3.05) is 19.0 Å². The molecule has 0 aromatic heterocycles. The number of carbonyl (C=O) groups excluding carboxylic acids is 2. The van der Waals surface area contributed by atoms with Gasteiger partial charge < -0.3 is 15.8 Å². The summed E-state index contributed by atoms with van der Waals surface area (Å²) in [5.74, 6) is -1.00. The maximum absolute atomic E-state index is 11.7. The second-order valence-electron chi connectivity index (χ2n) is 4.17. The summed E-state index contributed by atoms with van der Waals surface area (Å²) in [6.07, 6.45) is 0. The van der Waals surface area contributed by atoms with Crippen molar-refractivity contribution in [3.8, 4) is 0 Å². The van der Waals surface area contributed by atoms with Gasteiger partial charge in [0, 0.05) is 12.5 Å². The van der Waals surface area contributed by atoms with E-state index in [1.807, 2.05) is 13.0 Å². The molecule has 0 saturated carbocycles. The molecule has 1 atom stereocenters. The predicted octanol–water partition coefficient (Wildman–Crippen LogP) is 1.31. The number of anilines is 1. The minimum Gasteiger partial charge on any atom is -0.465 e. The molecule has 1 unspecified atom stereocenters. The number of carbonyl (C=O) groups is 2. The molecule has 1 aromatic rings. The first-order valence-electron chi connectivity index (χ1n) is 5.69. The van der Waals surface area contributed by atoms with Gasteiger partial charge in [0.25, 0.3) is 0 Å². The van der Waals surface area contributed by atoms with Crippen LogP contribution in [0, 0.1) is 12.8 Å². The molecule has 1 amide bonds. The summed E-state index contributed by atoms with van der Waals surface area (Å²) in [6, 6.07) is 5.17. The quantitative estimate of drug-likeness (QED) is 0.789. The molecular formula is C13H18N2O3. The summed E-state index contributed by atoms with van der Waals surface area (Å²) in [5, 5.41) is 2.68. The van der Waals surface area contributed by atoms with E-state index in [-0.39, 0.29) is 18.4 Å². The van der Waals surface area contributed by atoms with Gasteiger partial charge in [-0.2, -0.15) is 0 Å².